The highest BCUT2D eigenvalue weighted by atomic mass is 31.2. The average molecular weight is 801 g/mol. The second-order valence-electron chi connectivity index (χ2n) is 14.5. The van der Waals surface area contributed by atoms with Crippen molar-refractivity contribution in [2.75, 3.05) is 26.4 Å². The number of nitriles is 2. The van der Waals surface area contributed by atoms with Gasteiger partial charge in [0.1, 0.15) is 36.8 Å². The highest BCUT2D eigenvalue weighted by Gasteiger charge is 2.44. The molecule has 15 heteroatoms. The van der Waals surface area contributed by atoms with Crippen molar-refractivity contribution in [1.82, 2.24) is 4.98 Å². The van der Waals surface area contributed by atoms with Crippen molar-refractivity contribution < 1.29 is 37.1 Å². The summed E-state index contributed by atoms with van der Waals surface area (Å²) < 4.78 is 55.7. The van der Waals surface area contributed by atoms with Crippen molar-refractivity contribution in [3.63, 3.8) is 0 Å². The molecule has 0 aliphatic carbocycles. The van der Waals surface area contributed by atoms with Gasteiger partial charge in [0.2, 0.25) is 0 Å². The van der Waals surface area contributed by atoms with Crippen LogP contribution in [0.2, 0.25) is 0 Å². The third-order valence-electron chi connectivity index (χ3n) is 9.90. The Morgan fingerprint density at radius 1 is 1.04 bits per heavy atom. The number of benzene rings is 1. The first kappa shape index (κ1) is 46.9. The quantitative estimate of drug-likeness (QED) is 0.0246. The summed E-state index contributed by atoms with van der Waals surface area (Å²) in [6, 6.07) is 11.4. The van der Waals surface area contributed by atoms with Crippen LogP contribution in [0, 0.1) is 33.9 Å². The molecule has 3 rings (SSSR count). The predicted molar refractivity (Wildman–Crippen MR) is 213 cm³/mol. The van der Waals surface area contributed by atoms with Gasteiger partial charge in [-0.05, 0) is 43.5 Å². The van der Waals surface area contributed by atoms with Crippen molar-refractivity contribution in [1.29, 1.82) is 15.9 Å². The largest absolute Gasteiger partial charge is 0.472 e. The Balaban J connectivity index is 1.39. The van der Waals surface area contributed by atoms with E-state index in [4.69, 9.17) is 39.7 Å². The van der Waals surface area contributed by atoms with Crippen LogP contribution >= 0.6 is 7.82 Å². The third kappa shape index (κ3) is 17.8. The number of H-pyrrole nitrogens is 1. The van der Waals surface area contributed by atoms with Gasteiger partial charge in [-0.1, -0.05) is 109 Å². The van der Waals surface area contributed by atoms with E-state index in [-0.39, 0.29) is 36.6 Å². The number of nitrogens with one attached hydrogen (secondary N) is 2. The summed E-state index contributed by atoms with van der Waals surface area (Å²) in [6.07, 6.45) is 20.4. The lowest BCUT2D eigenvalue weighted by molar-refractivity contribution is -0.0592. The summed E-state index contributed by atoms with van der Waals surface area (Å²) in [6.45, 7) is 1.62. The van der Waals surface area contributed by atoms with Crippen LogP contribution in [-0.4, -0.2) is 60.2 Å². The molecule has 0 radical (unpaired) electrons. The van der Waals surface area contributed by atoms with Gasteiger partial charge in [0.15, 0.2) is 5.60 Å². The predicted octanol–water partition coefficient (Wildman–Crippen LogP) is 9.45. The van der Waals surface area contributed by atoms with Gasteiger partial charge < -0.3 is 29.8 Å². The molecule has 4 unspecified atom stereocenters. The summed E-state index contributed by atoms with van der Waals surface area (Å²) in [4.78, 5) is 17.4. The number of hydrogen-bond acceptors (Lipinski definition) is 9. The molecule has 5 N–H and O–H groups in total. The number of halogens is 1. The molecule has 1 fully saturated rings. The smallest absolute Gasteiger partial charge is 0.382 e. The maximum absolute atomic E-state index is 14.6. The monoisotopic (exact) mass is 800 g/mol. The van der Waals surface area contributed by atoms with Gasteiger partial charge in [-0.2, -0.15) is 10.5 Å². The van der Waals surface area contributed by atoms with E-state index in [9.17, 15) is 19.1 Å². The van der Waals surface area contributed by atoms with Crippen molar-refractivity contribution in [3.05, 3.63) is 58.7 Å². The molecule has 0 amide bonds. The lowest BCUT2D eigenvalue weighted by Crippen LogP contribution is -2.32. The second-order valence-corrected chi connectivity index (χ2v) is 15.9. The highest BCUT2D eigenvalue weighted by Crippen LogP contribution is 2.47. The van der Waals surface area contributed by atoms with Crippen LogP contribution in [-0.2, 0) is 34.4 Å². The molecule has 4 atom stereocenters. The van der Waals surface area contributed by atoms with Gasteiger partial charge in [0.05, 0.1) is 43.3 Å². The zero-order valence-corrected chi connectivity index (χ0v) is 33.9. The van der Waals surface area contributed by atoms with Gasteiger partial charge in [0, 0.05) is 17.9 Å². The standard InChI is InChI=1S/C41H62FN6O7P/c1-2-3-4-5-6-7-8-9-10-11-12-13-14-15-16-17-24-51-28-35(52-27-34-19-18-33(26-43)25-36(34)42)29-53-56(49,50)54-31-41(30-44)23-22-39(55-41)37-20-21-38(48-37)40(46)47-32-45/h18-21,25,32,35,39,48H,2-17,22-24,27-29,31H2,1H3,(H,49,50)(H3,45,46,47). The summed E-state index contributed by atoms with van der Waals surface area (Å²) >= 11 is 0. The molecule has 1 aliphatic heterocycles. The molecule has 1 aromatic heterocycles. The first-order valence-corrected chi connectivity index (χ1v) is 21.7. The molecular weight excluding hydrogens is 738 g/mol. The van der Waals surface area contributed by atoms with Gasteiger partial charge in [-0.25, -0.2) is 13.9 Å². The van der Waals surface area contributed by atoms with Gasteiger partial charge >= 0.3 is 7.82 Å². The summed E-state index contributed by atoms with van der Waals surface area (Å²) in [5, 5.41) is 26.1. The molecule has 2 heterocycles. The van der Waals surface area contributed by atoms with E-state index in [0.717, 1.165) is 31.7 Å². The lowest BCUT2D eigenvalue weighted by Gasteiger charge is -2.24. The Hall–Kier alpha value is -3.46. The van der Waals surface area contributed by atoms with Crippen LogP contribution in [0.3, 0.4) is 0 Å². The average Bonchev–Trinajstić information content (AvgIpc) is 3.87. The van der Waals surface area contributed by atoms with E-state index < -0.39 is 44.7 Å². The fourth-order valence-corrected chi connectivity index (χ4v) is 7.34. The second kappa shape index (κ2) is 26.5. The summed E-state index contributed by atoms with van der Waals surface area (Å²) in [7, 11) is -4.70. The number of aromatic nitrogens is 1. The molecule has 0 spiro atoms. The Morgan fingerprint density at radius 3 is 2.27 bits per heavy atom. The zero-order chi connectivity index (χ0) is 40.5. The first-order valence-electron chi connectivity index (χ1n) is 20.2. The van der Waals surface area contributed by atoms with E-state index in [1.165, 1.54) is 95.6 Å². The molecule has 56 heavy (non-hydrogen) atoms. The molecule has 310 valence electrons. The highest BCUT2D eigenvalue weighted by molar-refractivity contribution is 7.47. The van der Waals surface area contributed by atoms with E-state index in [2.05, 4.69) is 23.0 Å². The molecule has 0 bridgehead atoms. The van der Waals surface area contributed by atoms with Gasteiger partial charge in [-0.15, -0.1) is 0 Å². The Morgan fingerprint density at radius 2 is 1.68 bits per heavy atom. The number of amidine groups is 1. The number of ether oxygens (including phenoxy) is 3. The fourth-order valence-electron chi connectivity index (χ4n) is 6.54. The van der Waals surface area contributed by atoms with Crippen LogP contribution in [0.1, 0.15) is 151 Å². The lowest BCUT2D eigenvalue weighted by atomic mass is 10.0. The molecular formula is C41H62FN6O7P. The van der Waals surface area contributed by atoms with Crippen LogP contribution in [0.15, 0.2) is 35.3 Å². The molecule has 1 aromatic carbocycles. The fraction of sp³-hybridized carbons (Fsp3) is 0.659. The number of nitrogens with two attached hydrogens (primary N) is 1. The van der Waals surface area contributed by atoms with E-state index in [1.807, 2.05) is 6.07 Å². The first-order chi connectivity index (χ1) is 27.1. The van der Waals surface area contributed by atoms with Crippen LogP contribution in [0.5, 0.6) is 0 Å². The minimum absolute atomic E-state index is 0.0245. The van der Waals surface area contributed by atoms with Crippen LogP contribution in [0.4, 0.5) is 4.39 Å². The SMILES string of the molecule is CCCCCCCCCCCCCCCCCCOCC(COP(=O)(O)OCC1(C#N)CCC(c2ccc(C(N)=NC=N)[nH]2)O1)OCc1ccc(C#N)cc1F. The van der Waals surface area contributed by atoms with Crippen molar-refractivity contribution in [2.24, 2.45) is 10.7 Å². The van der Waals surface area contributed by atoms with Crippen molar-refractivity contribution in [3.8, 4) is 12.1 Å². The number of unbranched alkanes of at least 4 members (excludes halogenated alkanes) is 15. The van der Waals surface area contributed by atoms with Gasteiger partial charge in [-0.3, -0.25) is 14.5 Å². The Kier molecular flexibility index (Phi) is 22.2. The van der Waals surface area contributed by atoms with Crippen LogP contribution < -0.4 is 5.73 Å². The number of phosphoric acid groups is 1. The molecule has 1 aliphatic rings. The molecule has 2 aromatic rings. The summed E-state index contributed by atoms with van der Waals surface area (Å²) in [5.74, 6) is -0.489. The maximum atomic E-state index is 14.6. The number of aliphatic imine (C=N–C) groups is 1. The maximum Gasteiger partial charge on any atom is 0.472 e. The number of nitrogens with zero attached hydrogens (tertiary/aromatic N) is 3. The van der Waals surface area contributed by atoms with Crippen LogP contribution in [0.25, 0.3) is 0 Å². The number of phosphoric ester groups is 1. The number of hydrogen-bond donors (Lipinski definition) is 4. The van der Waals surface area contributed by atoms with Crippen molar-refractivity contribution >= 4 is 20.0 Å². The number of aromatic amines is 1. The molecule has 0 saturated carbocycles. The minimum Gasteiger partial charge on any atom is -0.382 e. The normalized spacial score (nSPS) is 18.7. The van der Waals surface area contributed by atoms with E-state index >= 15 is 0 Å². The Bertz CT molecular complexity index is 1610. The minimum atomic E-state index is -4.70. The van der Waals surface area contributed by atoms with E-state index in [1.54, 1.807) is 12.1 Å². The number of rotatable bonds is 31. The van der Waals surface area contributed by atoms with Crippen molar-refractivity contribution in [2.45, 2.75) is 147 Å². The van der Waals surface area contributed by atoms with E-state index in [0.29, 0.717) is 24.4 Å². The molecule has 1 saturated heterocycles. The summed E-state index contributed by atoms with van der Waals surface area (Å²) in [5.41, 5.74) is 5.82. The molecule has 13 nitrogen and oxygen atoms in total. The zero-order valence-electron chi connectivity index (χ0n) is 33.0. The van der Waals surface area contributed by atoms with Gasteiger partial charge in [0.25, 0.3) is 0 Å². The third-order valence-corrected chi connectivity index (χ3v) is 10.8. The topological polar surface area (TPSA) is 209 Å². The Labute approximate surface area is 332 Å².